The molecule has 0 radical (unpaired) electrons. The average molecular weight is 260 g/mol. The number of hydrogen-bond donors (Lipinski definition) is 3. The zero-order valence-corrected chi connectivity index (χ0v) is 10.9. The van der Waals surface area contributed by atoms with E-state index in [1.807, 2.05) is 0 Å². The molecule has 2 aliphatic carbocycles. The molecule has 0 saturated heterocycles. The third kappa shape index (κ3) is 2.80. The van der Waals surface area contributed by atoms with Crippen molar-refractivity contribution >= 4 is 17.4 Å². The van der Waals surface area contributed by atoms with Gasteiger partial charge in [0.2, 0.25) is 0 Å². The highest BCUT2D eigenvalue weighted by Crippen LogP contribution is 2.49. The molecule has 2 saturated carbocycles. The average Bonchev–Trinajstić information content (AvgIpc) is 3.25. The van der Waals surface area contributed by atoms with Gasteiger partial charge in [-0.15, -0.1) is 0 Å². The summed E-state index contributed by atoms with van der Waals surface area (Å²) in [7, 11) is 0. The third-order valence-electron chi connectivity index (χ3n) is 4.17. The van der Waals surface area contributed by atoms with Gasteiger partial charge in [-0.1, -0.05) is 0 Å². The van der Waals surface area contributed by atoms with E-state index in [0.717, 1.165) is 24.3 Å². The van der Waals surface area contributed by atoms with Crippen LogP contribution in [0.5, 0.6) is 0 Å². The monoisotopic (exact) mass is 260 g/mol. The van der Waals surface area contributed by atoms with Gasteiger partial charge < -0.3 is 16.8 Å². The van der Waals surface area contributed by atoms with Crippen LogP contribution in [0.4, 0.5) is 11.5 Å². The normalized spacial score (nSPS) is 18.6. The van der Waals surface area contributed by atoms with Gasteiger partial charge in [-0.2, -0.15) is 0 Å². The number of nitrogens with zero attached hydrogens (tertiary/aromatic N) is 1. The van der Waals surface area contributed by atoms with Gasteiger partial charge in [0.1, 0.15) is 5.82 Å². The molecule has 1 heterocycles. The minimum atomic E-state index is -0.510. The molecule has 102 valence electrons. The molecule has 0 unspecified atom stereocenters. The van der Waals surface area contributed by atoms with E-state index in [1.165, 1.54) is 31.9 Å². The summed E-state index contributed by atoms with van der Waals surface area (Å²) >= 11 is 0. The molecule has 2 aliphatic rings. The van der Waals surface area contributed by atoms with Crippen molar-refractivity contribution in [1.82, 2.24) is 4.98 Å². The largest absolute Gasteiger partial charge is 0.397 e. The predicted octanol–water partition coefficient (Wildman–Crippen LogP) is 1.61. The molecule has 1 aromatic heterocycles. The van der Waals surface area contributed by atoms with Gasteiger partial charge in [-0.05, 0) is 49.5 Å². The molecule has 0 atom stereocenters. The van der Waals surface area contributed by atoms with Gasteiger partial charge in [0.25, 0.3) is 5.91 Å². The van der Waals surface area contributed by atoms with Gasteiger partial charge in [-0.25, -0.2) is 4.98 Å². The Morgan fingerprint density at radius 3 is 2.53 bits per heavy atom. The van der Waals surface area contributed by atoms with Gasteiger partial charge in [0.15, 0.2) is 0 Å². The third-order valence-corrected chi connectivity index (χ3v) is 4.17. The maximum absolute atomic E-state index is 11.2. The minimum Gasteiger partial charge on any atom is -0.397 e. The Labute approximate surface area is 112 Å². The fourth-order valence-corrected chi connectivity index (χ4v) is 2.77. The SMILES string of the molecule is NC(=O)c1cc(NCC(C2CC2)C2CC2)ncc1N. The molecule has 0 aromatic carbocycles. The number of aromatic nitrogens is 1. The molecule has 3 rings (SSSR count). The summed E-state index contributed by atoms with van der Waals surface area (Å²) in [4.78, 5) is 15.4. The quantitative estimate of drug-likeness (QED) is 0.724. The summed E-state index contributed by atoms with van der Waals surface area (Å²) in [5.41, 5.74) is 11.6. The fraction of sp³-hybridized carbons (Fsp3) is 0.571. The van der Waals surface area contributed by atoms with Crippen LogP contribution in [0, 0.1) is 17.8 Å². The molecule has 1 amide bonds. The molecule has 5 N–H and O–H groups in total. The number of primary amides is 1. The second-order valence-electron chi connectivity index (χ2n) is 5.74. The van der Waals surface area contributed by atoms with E-state index in [2.05, 4.69) is 10.3 Å². The van der Waals surface area contributed by atoms with E-state index in [1.54, 1.807) is 6.07 Å². The number of nitrogens with two attached hydrogens (primary N) is 2. The van der Waals surface area contributed by atoms with Crippen LogP contribution in [0.15, 0.2) is 12.3 Å². The maximum atomic E-state index is 11.2. The van der Waals surface area contributed by atoms with Crippen LogP contribution in [0.25, 0.3) is 0 Å². The second-order valence-corrected chi connectivity index (χ2v) is 5.74. The van der Waals surface area contributed by atoms with E-state index >= 15 is 0 Å². The lowest BCUT2D eigenvalue weighted by atomic mass is 9.98. The minimum absolute atomic E-state index is 0.332. The predicted molar refractivity (Wildman–Crippen MR) is 74.6 cm³/mol. The molecular weight excluding hydrogens is 240 g/mol. The van der Waals surface area contributed by atoms with E-state index in [9.17, 15) is 4.79 Å². The van der Waals surface area contributed by atoms with Crippen molar-refractivity contribution < 1.29 is 4.79 Å². The Kier molecular flexibility index (Phi) is 3.05. The molecular formula is C14H20N4O. The number of nitrogens with one attached hydrogen (secondary N) is 1. The number of nitrogen functional groups attached to an aromatic ring is 1. The first kappa shape index (κ1) is 12.3. The highest BCUT2D eigenvalue weighted by atomic mass is 16.1. The number of hydrogen-bond acceptors (Lipinski definition) is 4. The molecule has 19 heavy (non-hydrogen) atoms. The lowest BCUT2D eigenvalue weighted by Crippen LogP contribution is -2.20. The van der Waals surface area contributed by atoms with Crippen LogP contribution in [-0.4, -0.2) is 17.4 Å². The maximum Gasteiger partial charge on any atom is 0.250 e. The number of carbonyl (C=O) groups is 1. The number of carbonyl (C=O) groups excluding carboxylic acids is 1. The first-order chi connectivity index (χ1) is 9.15. The summed E-state index contributed by atoms with van der Waals surface area (Å²) in [5.74, 6) is 2.73. The van der Waals surface area contributed by atoms with Crippen molar-refractivity contribution in [2.45, 2.75) is 25.7 Å². The lowest BCUT2D eigenvalue weighted by molar-refractivity contribution is 0.100. The summed E-state index contributed by atoms with van der Waals surface area (Å²) in [6.45, 7) is 0.935. The smallest absolute Gasteiger partial charge is 0.250 e. The first-order valence-corrected chi connectivity index (χ1v) is 6.94. The van der Waals surface area contributed by atoms with Crippen LogP contribution < -0.4 is 16.8 Å². The van der Waals surface area contributed by atoms with Crippen LogP contribution >= 0.6 is 0 Å². The summed E-state index contributed by atoms with van der Waals surface area (Å²) < 4.78 is 0. The topological polar surface area (TPSA) is 94.0 Å². The van der Waals surface area contributed by atoms with Crippen molar-refractivity contribution in [3.05, 3.63) is 17.8 Å². The van der Waals surface area contributed by atoms with Crippen molar-refractivity contribution in [2.75, 3.05) is 17.6 Å². The summed E-state index contributed by atoms with van der Waals surface area (Å²) in [6.07, 6.45) is 6.95. The first-order valence-electron chi connectivity index (χ1n) is 6.94. The van der Waals surface area contributed by atoms with E-state index in [-0.39, 0.29) is 0 Å². The van der Waals surface area contributed by atoms with Crippen LogP contribution in [-0.2, 0) is 0 Å². The highest BCUT2D eigenvalue weighted by Gasteiger charge is 2.41. The van der Waals surface area contributed by atoms with Crippen molar-refractivity contribution in [3.63, 3.8) is 0 Å². The number of amides is 1. The molecule has 1 aromatic rings. The van der Waals surface area contributed by atoms with E-state index in [0.29, 0.717) is 17.1 Å². The lowest BCUT2D eigenvalue weighted by Gasteiger charge is -2.17. The molecule has 5 heteroatoms. The molecule has 0 aliphatic heterocycles. The van der Waals surface area contributed by atoms with E-state index < -0.39 is 5.91 Å². The van der Waals surface area contributed by atoms with Crippen LogP contribution in [0.2, 0.25) is 0 Å². The fourth-order valence-electron chi connectivity index (χ4n) is 2.77. The zero-order valence-electron chi connectivity index (χ0n) is 10.9. The molecule has 5 nitrogen and oxygen atoms in total. The van der Waals surface area contributed by atoms with Crippen molar-refractivity contribution in [2.24, 2.45) is 23.5 Å². The standard InChI is InChI=1S/C14H20N4O/c15-12-7-18-13(5-10(12)14(16)19)17-6-11(8-1-2-8)9-3-4-9/h5,7-9,11H,1-4,6,15H2,(H2,16,19)(H,17,18). The highest BCUT2D eigenvalue weighted by molar-refractivity contribution is 5.98. The Morgan fingerprint density at radius 1 is 1.37 bits per heavy atom. The van der Waals surface area contributed by atoms with Gasteiger partial charge in [0.05, 0.1) is 17.4 Å². The molecule has 0 spiro atoms. The zero-order chi connectivity index (χ0) is 13.4. The van der Waals surface area contributed by atoms with Crippen LogP contribution in [0.3, 0.4) is 0 Å². The molecule has 0 bridgehead atoms. The Hall–Kier alpha value is -1.78. The van der Waals surface area contributed by atoms with Crippen molar-refractivity contribution in [1.29, 1.82) is 0 Å². The van der Waals surface area contributed by atoms with E-state index in [4.69, 9.17) is 11.5 Å². The number of pyridine rings is 1. The number of anilines is 2. The molecule has 2 fully saturated rings. The number of rotatable bonds is 6. The van der Waals surface area contributed by atoms with Crippen molar-refractivity contribution in [3.8, 4) is 0 Å². The Balaban J connectivity index is 1.65. The second kappa shape index (κ2) is 4.72. The summed E-state index contributed by atoms with van der Waals surface area (Å²) in [5, 5.41) is 3.34. The Morgan fingerprint density at radius 2 is 2.00 bits per heavy atom. The van der Waals surface area contributed by atoms with Gasteiger partial charge in [0, 0.05) is 6.54 Å². The van der Waals surface area contributed by atoms with Gasteiger partial charge in [-0.3, -0.25) is 4.79 Å². The van der Waals surface area contributed by atoms with Gasteiger partial charge >= 0.3 is 0 Å². The summed E-state index contributed by atoms with van der Waals surface area (Å²) in [6, 6.07) is 1.65. The van der Waals surface area contributed by atoms with Crippen LogP contribution in [0.1, 0.15) is 36.0 Å². The Bertz CT molecular complexity index is 482.